The standard InChI is InChI=1S/C11H8ClFN2O3/c1-18-8-4-6(13)2-3-7(8)15-10(16)5-9(12)14-11(15)17/h2-5H,1H3,(H,14,17). The molecule has 1 aromatic carbocycles. The molecule has 18 heavy (non-hydrogen) atoms. The van der Waals surface area contributed by atoms with Crippen LogP contribution in [0.4, 0.5) is 4.39 Å². The first-order chi connectivity index (χ1) is 8.52. The molecule has 5 nitrogen and oxygen atoms in total. The first kappa shape index (κ1) is 12.4. The van der Waals surface area contributed by atoms with E-state index >= 15 is 0 Å². The van der Waals surface area contributed by atoms with Crippen molar-refractivity contribution in [1.82, 2.24) is 9.55 Å². The Labute approximate surface area is 105 Å². The van der Waals surface area contributed by atoms with E-state index in [1.54, 1.807) is 0 Å². The van der Waals surface area contributed by atoms with Gasteiger partial charge in [0.1, 0.15) is 16.7 Å². The van der Waals surface area contributed by atoms with Gasteiger partial charge >= 0.3 is 5.69 Å². The maximum absolute atomic E-state index is 13.0. The second kappa shape index (κ2) is 4.66. The number of ether oxygens (including phenoxy) is 1. The van der Waals surface area contributed by atoms with Gasteiger partial charge in [0.2, 0.25) is 0 Å². The number of aromatic nitrogens is 2. The van der Waals surface area contributed by atoms with Gasteiger partial charge in [0.25, 0.3) is 5.56 Å². The number of hydrogen-bond donors (Lipinski definition) is 1. The van der Waals surface area contributed by atoms with E-state index < -0.39 is 17.1 Å². The van der Waals surface area contributed by atoms with Gasteiger partial charge in [-0.15, -0.1) is 0 Å². The first-order valence-electron chi connectivity index (χ1n) is 4.88. The minimum absolute atomic E-state index is 0.0673. The Morgan fingerprint density at radius 3 is 2.67 bits per heavy atom. The van der Waals surface area contributed by atoms with E-state index in [4.69, 9.17) is 16.3 Å². The third-order valence-electron chi connectivity index (χ3n) is 2.28. The fourth-order valence-electron chi connectivity index (χ4n) is 1.53. The van der Waals surface area contributed by atoms with Crippen molar-refractivity contribution in [1.29, 1.82) is 0 Å². The van der Waals surface area contributed by atoms with Crippen LogP contribution in [0.15, 0.2) is 33.9 Å². The lowest BCUT2D eigenvalue weighted by Crippen LogP contribution is -2.33. The van der Waals surface area contributed by atoms with E-state index in [2.05, 4.69) is 4.98 Å². The minimum atomic E-state index is -0.725. The molecule has 1 aromatic heterocycles. The van der Waals surface area contributed by atoms with E-state index in [1.165, 1.54) is 13.2 Å². The zero-order valence-electron chi connectivity index (χ0n) is 9.24. The second-order valence-electron chi connectivity index (χ2n) is 3.41. The summed E-state index contributed by atoms with van der Waals surface area (Å²) >= 11 is 5.55. The Balaban J connectivity index is 2.78. The van der Waals surface area contributed by atoms with Crippen molar-refractivity contribution >= 4 is 11.6 Å². The third kappa shape index (κ3) is 2.14. The molecule has 2 aromatic rings. The van der Waals surface area contributed by atoms with Crippen molar-refractivity contribution in [3.8, 4) is 11.4 Å². The van der Waals surface area contributed by atoms with Gasteiger partial charge in [-0.05, 0) is 12.1 Å². The van der Waals surface area contributed by atoms with Crippen LogP contribution in [0.1, 0.15) is 0 Å². The number of aromatic amines is 1. The van der Waals surface area contributed by atoms with E-state index in [1.807, 2.05) is 0 Å². The molecular weight excluding hydrogens is 263 g/mol. The molecule has 1 N–H and O–H groups in total. The van der Waals surface area contributed by atoms with Crippen molar-refractivity contribution < 1.29 is 9.13 Å². The predicted octanol–water partition coefficient (Wildman–Crippen LogP) is 1.33. The van der Waals surface area contributed by atoms with Crippen LogP contribution >= 0.6 is 11.6 Å². The quantitative estimate of drug-likeness (QED) is 0.837. The lowest BCUT2D eigenvalue weighted by Gasteiger charge is -2.09. The third-order valence-corrected chi connectivity index (χ3v) is 2.49. The average Bonchev–Trinajstić information content (AvgIpc) is 2.29. The molecule has 1 heterocycles. The largest absolute Gasteiger partial charge is 0.494 e. The summed E-state index contributed by atoms with van der Waals surface area (Å²) in [5.74, 6) is -0.459. The highest BCUT2D eigenvalue weighted by Crippen LogP contribution is 2.21. The van der Waals surface area contributed by atoms with Gasteiger partial charge in [-0.25, -0.2) is 13.8 Å². The Bertz CT molecular complexity index is 677. The predicted molar refractivity (Wildman–Crippen MR) is 64.2 cm³/mol. The molecule has 0 saturated carbocycles. The number of methoxy groups -OCH3 is 1. The van der Waals surface area contributed by atoms with Crippen molar-refractivity contribution in [3.05, 3.63) is 56.1 Å². The molecule has 0 saturated heterocycles. The van der Waals surface area contributed by atoms with Crippen LogP contribution in [0.25, 0.3) is 5.69 Å². The molecule has 0 atom stereocenters. The highest BCUT2D eigenvalue weighted by atomic mass is 35.5. The zero-order valence-corrected chi connectivity index (χ0v) is 9.99. The van der Waals surface area contributed by atoms with E-state index in [0.29, 0.717) is 0 Å². The number of rotatable bonds is 2. The number of nitrogens with one attached hydrogen (secondary N) is 1. The number of halogens is 2. The summed E-state index contributed by atoms with van der Waals surface area (Å²) in [6.45, 7) is 0. The van der Waals surface area contributed by atoms with E-state index in [9.17, 15) is 14.0 Å². The molecule has 0 unspecified atom stereocenters. The molecule has 0 spiro atoms. The Hall–Kier alpha value is -2.08. The summed E-state index contributed by atoms with van der Waals surface area (Å²) in [6, 6.07) is 4.53. The van der Waals surface area contributed by atoms with Gasteiger partial charge in [0.05, 0.1) is 12.8 Å². The molecule has 0 aliphatic rings. The fourth-order valence-corrected chi connectivity index (χ4v) is 1.71. The normalized spacial score (nSPS) is 10.4. The van der Waals surface area contributed by atoms with Crippen LogP contribution in [-0.2, 0) is 0 Å². The van der Waals surface area contributed by atoms with Crippen molar-refractivity contribution in [2.45, 2.75) is 0 Å². The van der Waals surface area contributed by atoms with Gasteiger partial charge in [-0.2, -0.15) is 0 Å². The molecule has 0 amide bonds. The SMILES string of the molecule is COc1cc(F)ccc1-n1c(=O)cc(Cl)[nH]c1=O. The van der Waals surface area contributed by atoms with Gasteiger partial charge < -0.3 is 4.74 Å². The molecule has 0 bridgehead atoms. The Morgan fingerprint density at radius 1 is 1.33 bits per heavy atom. The van der Waals surface area contributed by atoms with E-state index in [-0.39, 0.29) is 16.6 Å². The molecular formula is C11H8ClFN2O3. The summed E-state index contributed by atoms with van der Waals surface area (Å²) in [7, 11) is 1.31. The number of nitrogens with zero attached hydrogens (tertiary/aromatic N) is 1. The highest BCUT2D eigenvalue weighted by molar-refractivity contribution is 6.29. The molecule has 0 aliphatic carbocycles. The maximum Gasteiger partial charge on any atom is 0.334 e. The van der Waals surface area contributed by atoms with Crippen molar-refractivity contribution in [2.24, 2.45) is 0 Å². The second-order valence-corrected chi connectivity index (χ2v) is 3.82. The van der Waals surface area contributed by atoms with Crippen LogP contribution in [-0.4, -0.2) is 16.7 Å². The topological polar surface area (TPSA) is 64.1 Å². The van der Waals surface area contributed by atoms with Crippen LogP contribution in [0.5, 0.6) is 5.75 Å². The lowest BCUT2D eigenvalue weighted by atomic mass is 10.3. The molecule has 7 heteroatoms. The maximum atomic E-state index is 13.0. The smallest absolute Gasteiger partial charge is 0.334 e. The van der Waals surface area contributed by atoms with Gasteiger partial charge in [-0.3, -0.25) is 9.78 Å². The fraction of sp³-hybridized carbons (Fsp3) is 0.0909. The monoisotopic (exact) mass is 270 g/mol. The van der Waals surface area contributed by atoms with Crippen molar-refractivity contribution in [2.75, 3.05) is 7.11 Å². The molecule has 2 rings (SSSR count). The van der Waals surface area contributed by atoms with Gasteiger partial charge in [0.15, 0.2) is 0 Å². The average molecular weight is 271 g/mol. The van der Waals surface area contributed by atoms with Crippen LogP contribution in [0, 0.1) is 5.82 Å². The van der Waals surface area contributed by atoms with Crippen molar-refractivity contribution in [3.63, 3.8) is 0 Å². The lowest BCUT2D eigenvalue weighted by molar-refractivity contribution is 0.408. The zero-order chi connectivity index (χ0) is 13.3. The Kier molecular flexibility index (Phi) is 3.20. The summed E-state index contributed by atoms with van der Waals surface area (Å²) in [6.07, 6.45) is 0. The van der Waals surface area contributed by atoms with Crippen LogP contribution in [0.2, 0.25) is 5.15 Å². The molecule has 0 fully saturated rings. The number of H-pyrrole nitrogens is 1. The van der Waals surface area contributed by atoms with E-state index in [0.717, 1.165) is 22.8 Å². The van der Waals surface area contributed by atoms with Crippen LogP contribution < -0.4 is 16.0 Å². The highest BCUT2D eigenvalue weighted by Gasteiger charge is 2.11. The van der Waals surface area contributed by atoms with Gasteiger partial charge in [-0.1, -0.05) is 11.6 Å². The molecule has 0 radical (unpaired) electrons. The first-order valence-corrected chi connectivity index (χ1v) is 5.26. The summed E-state index contributed by atoms with van der Waals surface area (Å²) in [4.78, 5) is 25.7. The number of hydrogen-bond acceptors (Lipinski definition) is 3. The van der Waals surface area contributed by atoms with Crippen LogP contribution in [0.3, 0.4) is 0 Å². The summed E-state index contributed by atoms with van der Waals surface area (Å²) < 4.78 is 18.8. The Morgan fingerprint density at radius 2 is 2.06 bits per heavy atom. The van der Waals surface area contributed by atoms with Gasteiger partial charge in [0, 0.05) is 12.1 Å². The summed E-state index contributed by atoms with van der Waals surface area (Å²) in [5.41, 5.74) is -1.21. The number of benzene rings is 1. The molecule has 0 aliphatic heterocycles. The minimum Gasteiger partial charge on any atom is -0.494 e. The molecule has 94 valence electrons. The summed E-state index contributed by atoms with van der Waals surface area (Å²) in [5, 5.41) is -0.0673.